The van der Waals surface area contributed by atoms with Gasteiger partial charge in [-0.3, -0.25) is 9.69 Å². The summed E-state index contributed by atoms with van der Waals surface area (Å²) in [5, 5.41) is 0. The first kappa shape index (κ1) is 11.8. The second kappa shape index (κ2) is 5.60. The summed E-state index contributed by atoms with van der Waals surface area (Å²) in [6.07, 6.45) is 6.05. The van der Waals surface area contributed by atoms with Crippen LogP contribution in [0.1, 0.15) is 46.3 Å². The summed E-state index contributed by atoms with van der Waals surface area (Å²) in [6.45, 7) is 5.64. The molecule has 1 aromatic rings. The first-order valence-electron chi connectivity index (χ1n) is 6.12. The van der Waals surface area contributed by atoms with Crippen LogP contribution in [0.5, 0.6) is 0 Å². The van der Waals surface area contributed by atoms with Crippen LogP contribution in [0.15, 0.2) is 6.07 Å². The lowest BCUT2D eigenvalue weighted by atomic mass is 10.1. The molecule has 0 atom stereocenters. The van der Waals surface area contributed by atoms with Gasteiger partial charge < -0.3 is 0 Å². The van der Waals surface area contributed by atoms with Crippen molar-refractivity contribution in [3.8, 4) is 0 Å². The second-order valence-corrected chi connectivity index (χ2v) is 5.57. The minimum absolute atomic E-state index is 0.879. The van der Waals surface area contributed by atoms with Crippen LogP contribution in [0.4, 0.5) is 0 Å². The van der Waals surface area contributed by atoms with Gasteiger partial charge in [0, 0.05) is 11.4 Å². The van der Waals surface area contributed by atoms with Gasteiger partial charge >= 0.3 is 0 Å². The third-order valence-electron chi connectivity index (χ3n) is 3.20. The SMILES string of the molecule is CCc1sc(C=O)cc1CN1CCCCC1. The zero-order chi connectivity index (χ0) is 11.4. The van der Waals surface area contributed by atoms with Gasteiger partial charge in [0.25, 0.3) is 0 Å². The molecule has 16 heavy (non-hydrogen) atoms. The molecule has 1 aliphatic rings. The minimum atomic E-state index is 0.879. The fraction of sp³-hybridized carbons (Fsp3) is 0.615. The highest BCUT2D eigenvalue weighted by Crippen LogP contribution is 2.24. The number of nitrogens with zero attached hydrogens (tertiary/aromatic N) is 1. The Morgan fingerprint density at radius 1 is 1.38 bits per heavy atom. The van der Waals surface area contributed by atoms with E-state index in [4.69, 9.17) is 0 Å². The molecule has 0 unspecified atom stereocenters. The van der Waals surface area contributed by atoms with Crippen molar-refractivity contribution < 1.29 is 4.79 Å². The summed E-state index contributed by atoms with van der Waals surface area (Å²) in [5.41, 5.74) is 1.37. The van der Waals surface area contributed by atoms with Crippen LogP contribution in [0, 0.1) is 0 Å². The van der Waals surface area contributed by atoms with Crippen LogP contribution >= 0.6 is 11.3 Å². The smallest absolute Gasteiger partial charge is 0.160 e. The minimum Gasteiger partial charge on any atom is -0.299 e. The maximum atomic E-state index is 10.8. The van der Waals surface area contributed by atoms with Gasteiger partial charge in [-0.25, -0.2) is 0 Å². The van der Waals surface area contributed by atoms with E-state index in [1.165, 1.54) is 42.8 Å². The van der Waals surface area contributed by atoms with Crippen LogP contribution in [0.2, 0.25) is 0 Å². The number of aryl methyl sites for hydroxylation is 1. The van der Waals surface area contributed by atoms with E-state index in [9.17, 15) is 4.79 Å². The predicted molar refractivity (Wildman–Crippen MR) is 68.2 cm³/mol. The molecule has 0 N–H and O–H groups in total. The second-order valence-electron chi connectivity index (χ2n) is 4.41. The normalized spacial score (nSPS) is 17.6. The molecule has 0 spiro atoms. The van der Waals surface area contributed by atoms with E-state index in [0.29, 0.717) is 0 Å². The molecular weight excluding hydrogens is 218 g/mol. The van der Waals surface area contributed by atoms with Gasteiger partial charge in [-0.05, 0) is 44.0 Å². The van der Waals surface area contributed by atoms with Crippen molar-refractivity contribution in [3.05, 3.63) is 21.4 Å². The molecule has 2 nitrogen and oxygen atoms in total. The maximum absolute atomic E-state index is 10.8. The average Bonchev–Trinajstić information content (AvgIpc) is 2.73. The van der Waals surface area contributed by atoms with Crippen LogP contribution in [0.3, 0.4) is 0 Å². The highest BCUT2D eigenvalue weighted by Gasteiger charge is 2.14. The molecule has 0 aliphatic carbocycles. The number of hydrogen-bond donors (Lipinski definition) is 0. The van der Waals surface area contributed by atoms with Gasteiger partial charge in [0.15, 0.2) is 6.29 Å². The molecule has 2 heterocycles. The largest absolute Gasteiger partial charge is 0.299 e. The summed E-state index contributed by atoms with van der Waals surface area (Å²) in [4.78, 5) is 15.6. The molecule has 1 saturated heterocycles. The molecule has 0 radical (unpaired) electrons. The Kier molecular flexibility index (Phi) is 4.13. The molecule has 1 aliphatic heterocycles. The standard InChI is InChI=1S/C13H19NOS/c1-2-13-11(8-12(10-15)16-13)9-14-6-4-3-5-7-14/h8,10H,2-7,9H2,1H3. The molecule has 0 aromatic carbocycles. The van der Waals surface area contributed by atoms with Crippen molar-refractivity contribution in [2.75, 3.05) is 13.1 Å². The monoisotopic (exact) mass is 237 g/mol. The Labute approximate surface area is 101 Å². The molecule has 2 rings (SSSR count). The number of likely N-dealkylation sites (tertiary alicyclic amines) is 1. The lowest BCUT2D eigenvalue weighted by Gasteiger charge is -2.26. The van der Waals surface area contributed by atoms with E-state index in [2.05, 4.69) is 17.9 Å². The third kappa shape index (κ3) is 2.71. The van der Waals surface area contributed by atoms with Gasteiger partial charge in [-0.2, -0.15) is 0 Å². The van der Waals surface area contributed by atoms with Crippen LogP contribution in [-0.2, 0) is 13.0 Å². The fourth-order valence-corrected chi connectivity index (χ4v) is 3.27. The number of carbonyl (C=O) groups excluding carboxylic acids is 1. The third-order valence-corrected chi connectivity index (χ3v) is 4.44. The number of thiophene rings is 1. The number of carbonyl (C=O) groups is 1. The molecule has 1 aromatic heterocycles. The summed E-state index contributed by atoms with van der Waals surface area (Å²) >= 11 is 1.65. The van der Waals surface area contributed by atoms with Gasteiger partial charge in [0.05, 0.1) is 4.88 Å². The summed E-state index contributed by atoms with van der Waals surface area (Å²) < 4.78 is 0. The molecular formula is C13H19NOS. The van der Waals surface area contributed by atoms with Crippen LogP contribution < -0.4 is 0 Å². The average molecular weight is 237 g/mol. The lowest BCUT2D eigenvalue weighted by molar-refractivity contribution is 0.112. The van der Waals surface area contributed by atoms with E-state index < -0.39 is 0 Å². The maximum Gasteiger partial charge on any atom is 0.160 e. The fourth-order valence-electron chi connectivity index (χ4n) is 2.34. The molecule has 0 bridgehead atoms. The van der Waals surface area contributed by atoms with Crippen molar-refractivity contribution in [3.63, 3.8) is 0 Å². The van der Waals surface area contributed by atoms with Crippen molar-refractivity contribution in [2.24, 2.45) is 0 Å². The van der Waals surface area contributed by atoms with E-state index in [1.54, 1.807) is 11.3 Å². The topological polar surface area (TPSA) is 20.3 Å². The highest BCUT2D eigenvalue weighted by atomic mass is 32.1. The van der Waals surface area contributed by atoms with E-state index in [0.717, 1.165) is 24.1 Å². The molecule has 1 fully saturated rings. The first-order valence-corrected chi connectivity index (χ1v) is 6.94. The van der Waals surface area contributed by atoms with Gasteiger partial charge in [0.1, 0.15) is 0 Å². The zero-order valence-corrected chi connectivity index (χ0v) is 10.7. The lowest BCUT2D eigenvalue weighted by Crippen LogP contribution is -2.29. The van der Waals surface area contributed by atoms with Gasteiger partial charge in [-0.15, -0.1) is 11.3 Å². The van der Waals surface area contributed by atoms with E-state index >= 15 is 0 Å². The summed E-state index contributed by atoms with van der Waals surface area (Å²) in [6, 6.07) is 2.07. The van der Waals surface area contributed by atoms with Crippen molar-refractivity contribution in [2.45, 2.75) is 39.2 Å². The molecule has 0 amide bonds. The summed E-state index contributed by atoms with van der Waals surface area (Å²) in [7, 11) is 0. The summed E-state index contributed by atoms with van der Waals surface area (Å²) in [5.74, 6) is 0. The number of rotatable bonds is 4. The Hall–Kier alpha value is -0.670. The Bertz CT molecular complexity index is 353. The highest BCUT2D eigenvalue weighted by molar-refractivity contribution is 7.13. The Morgan fingerprint density at radius 2 is 2.12 bits per heavy atom. The van der Waals surface area contributed by atoms with Crippen molar-refractivity contribution in [1.82, 2.24) is 4.90 Å². The number of aldehydes is 1. The van der Waals surface area contributed by atoms with E-state index in [1.807, 2.05) is 0 Å². The molecule has 0 saturated carbocycles. The Balaban J connectivity index is 2.06. The molecule has 88 valence electrons. The predicted octanol–water partition coefficient (Wildman–Crippen LogP) is 3.11. The molecule has 3 heteroatoms. The van der Waals surface area contributed by atoms with Crippen LogP contribution in [-0.4, -0.2) is 24.3 Å². The first-order chi connectivity index (χ1) is 7.83. The van der Waals surface area contributed by atoms with Gasteiger partial charge in [0.2, 0.25) is 0 Å². The van der Waals surface area contributed by atoms with Crippen molar-refractivity contribution in [1.29, 1.82) is 0 Å². The van der Waals surface area contributed by atoms with E-state index in [-0.39, 0.29) is 0 Å². The zero-order valence-electron chi connectivity index (χ0n) is 9.87. The quantitative estimate of drug-likeness (QED) is 0.750. The van der Waals surface area contributed by atoms with Crippen molar-refractivity contribution >= 4 is 17.6 Å². The van der Waals surface area contributed by atoms with Crippen LogP contribution in [0.25, 0.3) is 0 Å². The number of hydrogen-bond acceptors (Lipinski definition) is 3. The number of piperidine rings is 1. The Morgan fingerprint density at radius 3 is 2.75 bits per heavy atom. The van der Waals surface area contributed by atoms with Gasteiger partial charge in [-0.1, -0.05) is 13.3 Å².